The van der Waals surface area contributed by atoms with Crippen LogP contribution in [0.15, 0.2) is 22.8 Å². The predicted molar refractivity (Wildman–Crippen MR) is 50.2 cm³/mol. The number of rotatable bonds is 1. The number of pyridine rings is 1. The second kappa shape index (κ2) is 3.03. The van der Waals surface area contributed by atoms with Crippen molar-refractivity contribution in [1.29, 1.82) is 0 Å². The Morgan fingerprint density at radius 3 is 2.83 bits per heavy atom. The van der Waals surface area contributed by atoms with Crippen molar-refractivity contribution in [3.05, 3.63) is 22.8 Å². The van der Waals surface area contributed by atoms with Gasteiger partial charge in [-0.25, -0.2) is 4.98 Å². The van der Waals surface area contributed by atoms with E-state index >= 15 is 0 Å². The fraction of sp³-hybridized carbons (Fsp3) is 0.375. The number of aliphatic hydroxyl groups is 1. The number of hydrogen-bond donors (Lipinski definition) is 1. The summed E-state index contributed by atoms with van der Waals surface area (Å²) >= 11 is 3.30. The third-order valence-corrected chi connectivity index (χ3v) is 2.33. The van der Waals surface area contributed by atoms with E-state index in [1.807, 2.05) is 23.1 Å². The largest absolute Gasteiger partial charge is 0.389 e. The van der Waals surface area contributed by atoms with Crippen molar-refractivity contribution < 1.29 is 5.11 Å². The topological polar surface area (TPSA) is 36.4 Å². The number of β-amino-alcohol motifs (C(OH)–C–C–N with tert-alkyl or cyclic N) is 1. The summed E-state index contributed by atoms with van der Waals surface area (Å²) in [4.78, 5) is 6.30. The molecule has 4 heteroatoms. The Balaban J connectivity index is 2.13. The van der Waals surface area contributed by atoms with Gasteiger partial charge in [-0.3, -0.25) is 0 Å². The Labute approximate surface area is 79.2 Å². The van der Waals surface area contributed by atoms with Crippen molar-refractivity contribution in [2.45, 2.75) is 6.10 Å². The number of aliphatic hydroxyl groups excluding tert-OH is 1. The molecule has 64 valence electrons. The van der Waals surface area contributed by atoms with Crippen molar-refractivity contribution in [2.75, 3.05) is 18.0 Å². The number of nitrogens with zero attached hydrogens (tertiary/aromatic N) is 2. The smallest absolute Gasteiger partial charge is 0.130 e. The number of hydrogen-bond acceptors (Lipinski definition) is 3. The third kappa shape index (κ3) is 1.44. The summed E-state index contributed by atoms with van der Waals surface area (Å²) in [6.07, 6.45) is -0.175. The molecule has 1 fully saturated rings. The number of aromatic nitrogens is 1. The van der Waals surface area contributed by atoms with Crippen molar-refractivity contribution in [1.82, 2.24) is 4.98 Å². The van der Waals surface area contributed by atoms with E-state index in [1.54, 1.807) is 0 Å². The van der Waals surface area contributed by atoms with E-state index in [4.69, 9.17) is 5.11 Å². The molecule has 2 heterocycles. The van der Waals surface area contributed by atoms with Crippen LogP contribution in [0.3, 0.4) is 0 Å². The lowest BCUT2D eigenvalue weighted by atomic mass is 10.2. The molecule has 1 saturated heterocycles. The van der Waals surface area contributed by atoms with E-state index in [-0.39, 0.29) is 6.10 Å². The lowest BCUT2D eigenvalue weighted by molar-refractivity contribution is 0.141. The molecule has 1 aromatic heterocycles. The van der Waals surface area contributed by atoms with Crippen molar-refractivity contribution in [3.63, 3.8) is 0 Å². The first-order chi connectivity index (χ1) is 5.75. The van der Waals surface area contributed by atoms with E-state index in [2.05, 4.69) is 20.9 Å². The van der Waals surface area contributed by atoms with Crippen molar-refractivity contribution in [2.24, 2.45) is 0 Å². The molecular formula is C8H9BrN2O. The molecule has 2 rings (SSSR count). The zero-order valence-corrected chi connectivity index (χ0v) is 8.03. The van der Waals surface area contributed by atoms with Crippen LogP contribution in [0.5, 0.6) is 0 Å². The van der Waals surface area contributed by atoms with Crippen molar-refractivity contribution in [3.8, 4) is 0 Å². The van der Waals surface area contributed by atoms with Gasteiger partial charge in [0.1, 0.15) is 10.4 Å². The maximum Gasteiger partial charge on any atom is 0.130 e. The average molecular weight is 229 g/mol. The lowest BCUT2D eigenvalue weighted by Gasteiger charge is -2.36. The van der Waals surface area contributed by atoms with Crippen LogP contribution in [-0.4, -0.2) is 29.3 Å². The molecule has 1 N–H and O–H groups in total. The van der Waals surface area contributed by atoms with Crippen molar-refractivity contribution >= 4 is 21.7 Å². The molecule has 0 amide bonds. The Hall–Kier alpha value is -0.610. The van der Waals surface area contributed by atoms with Gasteiger partial charge in [-0.1, -0.05) is 6.07 Å². The van der Waals surface area contributed by atoms with Gasteiger partial charge in [-0.2, -0.15) is 0 Å². The molecule has 0 atom stereocenters. The molecular weight excluding hydrogens is 220 g/mol. The minimum Gasteiger partial charge on any atom is -0.389 e. The normalized spacial score (nSPS) is 17.7. The quantitative estimate of drug-likeness (QED) is 0.730. The van der Waals surface area contributed by atoms with Gasteiger partial charge in [0.25, 0.3) is 0 Å². The Kier molecular flexibility index (Phi) is 2.02. The maximum atomic E-state index is 9.07. The standard InChI is InChI=1S/C8H9BrN2O/c9-7-2-1-3-8(10-7)11-4-6(12)5-11/h1-3,6,12H,4-5H2. The molecule has 1 aromatic rings. The summed E-state index contributed by atoms with van der Waals surface area (Å²) in [7, 11) is 0. The van der Waals surface area contributed by atoms with Crippen LogP contribution in [0.1, 0.15) is 0 Å². The molecule has 0 saturated carbocycles. The molecule has 0 radical (unpaired) electrons. The molecule has 12 heavy (non-hydrogen) atoms. The van der Waals surface area contributed by atoms with Gasteiger partial charge in [-0.15, -0.1) is 0 Å². The third-order valence-electron chi connectivity index (χ3n) is 1.89. The minimum absolute atomic E-state index is 0.175. The summed E-state index contributed by atoms with van der Waals surface area (Å²) in [5.74, 6) is 0.926. The highest BCUT2D eigenvalue weighted by Crippen LogP contribution is 2.19. The zero-order valence-electron chi connectivity index (χ0n) is 6.44. The van der Waals surface area contributed by atoms with E-state index in [9.17, 15) is 0 Å². The highest BCUT2D eigenvalue weighted by molar-refractivity contribution is 9.10. The molecule has 0 unspecified atom stereocenters. The Morgan fingerprint density at radius 1 is 1.50 bits per heavy atom. The molecule has 0 aromatic carbocycles. The van der Waals surface area contributed by atoms with Gasteiger partial charge in [0.2, 0.25) is 0 Å². The first-order valence-corrected chi connectivity index (χ1v) is 4.60. The number of halogens is 1. The van der Waals surface area contributed by atoms with Crippen LogP contribution >= 0.6 is 15.9 Å². The van der Waals surface area contributed by atoms with Crippen LogP contribution in [0, 0.1) is 0 Å². The molecule has 0 spiro atoms. The SMILES string of the molecule is OC1CN(c2cccc(Br)n2)C1. The fourth-order valence-corrected chi connectivity index (χ4v) is 1.55. The van der Waals surface area contributed by atoms with Crippen LogP contribution in [0.4, 0.5) is 5.82 Å². The Bertz CT molecular complexity index is 286. The minimum atomic E-state index is -0.175. The summed E-state index contributed by atoms with van der Waals surface area (Å²) < 4.78 is 0.835. The molecule has 0 aliphatic carbocycles. The van der Waals surface area contributed by atoms with E-state index < -0.39 is 0 Å². The van der Waals surface area contributed by atoms with Crippen LogP contribution < -0.4 is 4.90 Å². The molecule has 1 aliphatic rings. The first kappa shape index (κ1) is 8.01. The van der Waals surface area contributed by atoms with Crippen LogP contribution in [0.25, 0.3) is 0 Å². The molecule has 3 nitrogen and oxygen atoms in total. The second-order valence-electron chi connectivity index (χ2n) is 2.88. The molecule has 0 bridgehead atoms. The van der Waals surface area contributed by atoms with Crippen LogP contribution in [0.2, 0.25) is 0 Å². The van der Waals surface area contributed by atoms with Gasteiger partial charge >= 0.3 is 0 Å². The summed E-state index contributed by atoms with van der Waals surface area (Å²) in [6.45, 7) is 1.40. The van der Waals surface area contributed by atoms with E-state index in [1.165, 1.54) is 0 Å². The van der Waals surface area contributed by atoms with Gasteiger partial charge < -0.3 is 10.0 Å². The predicted octanol–water partition coefficient (Wildman–Crippen LogP) is 1.02. The summed E-state index contributed by atoms with van der Waals surface area (Å²) in [6, 6.07) is 5.77. The highest BCUT2D eigenvalue weighted by Gasteiger charge is 2.25. The van der Waals surface area contributed by atoms with Gasteiger partial charge in [0, 0.05) is 13.1 Å². The molecule has 1 aliphatic heterocycles. The fourth-order valence-electron chi connectivity index (χ4n) is 1.22. The van der Waals surface area contributed by atoms with E-state index in [0.717, 1.165) is 10.4 Å². The van der Waals surface area contributed by atoms with Crippen LogP contribution in [-0.2, 0) is 0 Å². The summed E-state index contributed by atoms with van der Waals surface area (Å²) in [5, 5.41) is 9.07. The first-order valence-electron chi connectivity index (χ1n) is 3.81. The second-order valence-corrected chi connectivity index (χ2v) is 3.69. The van der Waals surface area contributed by atoms with Gasteiger partial charge in [0.05, 0.1) is 6.10 Å². The Morgan fingerprint density at radius 2 is 2.25 bits per heavy atom. The average Bonchev–Trinajstić information content (AvgIpc) is 1.99. The van der Waals surface area contributed by atoms with E-state index in [0.29, 0.717) is 13.1 Å². The highest BCUT2D eigenvalue weighted by atomic mass is 79.9. The lowest BCUT2D eigenvalue weighted by Crippen LogP contribution is -2.51. The monoisotopic (exact) mass is 228 g/mol. The van der Waals surface area contributed by atoms with Gasteiger partial charge in [0.15, 0.2) is 0 Å². The van der Waals surface area contributed by atoms with Gasteiger partial charge in [-0.05, 0) is 28.1 Å². The maximum absolute atomic E-state index is 9.07. The number of anilines is 1. The zero-order chi connectivity index (χ0) is 8.55. The summed E-state index contributed by atoms with van der Waals surface area (Å²) in [5.41, 5.74) is 0.